The Morgan fingerprint density at radius 2 is 0.543 bits per heavy atom. The first-order valence-corrected chi connectivity index (χ1v) is 15.6. The summed E-state index contributed by atoms with van der Waals surface area (Å²) in [6.07, 6.45) is 0. The predicted molar refractivity (Wildman–Crippen MR) is 192 cm³/mol. The second-order valence-electron chi connectivity index (χ2n) is 11.4. The zero-order valence-corrected chi connectivity index (χ0v) is 25.2. The Bertz CT molecular complexity index is 2110. The lowest BCUT2D eigenvalue weighted by molar-refractivity contribution is 1.29. The van der Waals surface area contributed by atoms with Crippen LogP contribution >= 0.6 is 0 Å². The lowest BCUT2D eigenvalue weighted by Crippen LogP contribution is -1.99. The summed E-state index contributed by atoms with van der Waals surface area (Å²) < 4.78 is 0. The molecule has 0 N–H and O–H groups in total. The first-order chi connectivity index (χ1) is 22.8. The zero-order chi connectivity index (χ0) is 30.7. The Balaban J connectivity index is 1.41. The first-order valence-electron chi connectivity index (χ1n) is 15.6. The van der Waals surface area contributed by atoms with Gasteiger partial charge in [0.1, 0.15) is 0 Å². The van der Waals surface area contributed by atoms with Crippen molar-refractivity contribution in [3.05, 3.63) is 182 Å². The van der Waals surface area contributed by atoms with Crippen molar-refractivity contribution < 1.29 is 0 Å². The number of aromatic nitrogens is 2. The van der Waals surface area contributed by atoms with Gasteiger partial charge >= 0.3 is 0 Å². The van der Waals surface area contributed by atoms with Crippen molar-refractivity contribution >= 4 is 11.0 Å². The maximum atomic E-state index is 5.50. The summed E-state index contributed by atoms with van der Waals surface area (Å²) >= 11 is 0. The summed E-state index contributed by atoms with van der Waals surface area (Å²) in [7, 11) is 0. The van der Waals surface area contributed by atoms with Crippen molar-refractivity contribution in [3.8, 4) is 67.0 Å². The Kier molecular flexibility index (Phi) is 7.22. The standard InChI is InChI=1S/C44H30N2/c1-5-15-31(16-6-1)35-23-13-25-37(29-35)39-27-28-40(38-26-14-24-36(30-38)32-17-7-2-8-18-32)44-43(39)45-41(33-19-9-3-10-20-33)42(46-44)34-21-11-4-12-22-34/h1-30H. The summed E-state index contributed by atoms with van der Waals surface area (Å²) in [5.74, 6) is 0. The second-order valence-corrected chi connectivity index (χ2v) is 11.4. The van der Waals surface area contributed by atoms with Gasteiger partial charge in [0.2, 0.25) is 0 Å². The van der Waals surface area contributed by atoms with E-state index < -0.39 is 0 Å². The highest BCUT2D eigenvalue weighted by Gasteiger charge is 2.19. The van der Waals surface area contributed by atoms with E-state index in [1.807, 2.05) is 12.1 Å². The number of rotatable bonds is 6. The lowest BCUT2D eigenvalue weighted by Gasteiger charge is -2.16. The first kappa shape index (κ1) is 27.4. The quantitative estimate of drug-likeness (QED) is 0.194. The monoisotopic (exact) mass is 586 g/mol. The molecule has 7 aromatic carbocycles. The topological polar surface area (TPSA) is 25.8 Å². The third-order valence-electron chi connectivity index (χ3n) is 8.48. The molecule has 2 heteroatoms. The molecule has 1 heterocycles. The smallest absolute Gasteiger partial charge is 0.0979 e. The Morgan fingerprint density at radius 1 is 0.239 bits per heavy atom. The van der Waals surface area contributed by atoms with Gasteiger partial charge in [-0.25, -0.2) is 9.97 Å². The lowest BCUT2D eigenvalue weighted by atomic mass is 9.93. The van der Waals surface area contributed by atoms with E-state index in [1.54, 1.807) is 0 Å². The summed E-state index contributed by atoms with van der Waals surface area (Å²) in [6.45, 7) is 0. The van der Waals surface area contributed by atoms with Crippen LogP contribution in [-0.4, -0.2) is 9.97 Å². The largest absolute Gasteiger partial charge is 0.243 e. The Morgan fingerprint density at radius 3 is 0.913 bits per heavy atom. The molecule has 0 atom stereocenters. The van der Waals surface area contributed by atoms with Crippen LogP contribution in [0.4, 0.5) is 0 Å². The maximum Gasteiger partial charge on any atom is 0.0979 e. The van der Waals surface area contributed by atoms with Crippen molar-refractivity contribution in [1.82, 2.24) is 9.97 Å². The van der Waals surface area contributed by atoms with Crippen LogP contribution in [-0.2, 0) is 0 Å². The van der Waals surface area contributed by atoms with E-state index in [0.29, 0.717) is 0 Å². The molecule has 0 radical (unpaired) electrons. The molecule has 0 unspecified atom stereocenters. The van der Waals surface area contributed by atoms with Crippen molar-refractivity contribution in [3.63, 3.8) is 0 Å². The average Bonchev–Trinajstić information content (AvgIpc) is 3.15. The molecule has 0 saturated heterocycles. The van der Waals surface area contributed by atoms with Gasteiger partial charge in [-0.2, -0.15) is 0 Å². The molecule has 8 aromatic rings. The van der Waals surface area contributed by atoms with E-state index in [2.05, 4.69) is 170 Å². The highest BCUT2D eigenvalue weighted by Crippen LogP contribution is 2.40. The molecule has 0 aliphatic heterocycles. The molecule has 1 aromatic heterocycles. The SMILES string of the molecule is c1ccc(-c2cccc(-c3ccc(-c4cccc(-c5ccccc5)c4)c4nc(-c5ccccc5)c(-c5ccccc5)nc34)c2)cc1. The maximum absolute atomic E-state index is 5.50. The fraction of sp³-hybridized carbons (Fsp3) is 0. The molecule has 216 valence electrons. The molecule has 0 aliphatic rings. The van der Waals surface area contributed by atoms with Gasteiger partial charge in [-0.1, -0.05) is 170 Å². The molecular weight excluding hydrogens is 556 g/mol. The van der Waals surface area contributed by atoms with Crippen LogP contribution in [0.25, 0.3) is 78.1 Å². The number of hydrogen-bond donors (Lipinski definition) is 0. The minimum absolute atomic E-state index is 0.870. The van der Waals surface area contributed by atoms with Crippen LogP contribution in [0.3, 0.4) is 0 Å². The van der Waals surface area contributed by atoms with E-state index in [9.17, 15) is 0 Å². The molecule has 2 nitrogen and oxygen atoms in total. The second kappa shape index (κ2) is 12.1. The molecule has 0 spiro atoms. The summed E-state index contributed by atoms with van der Waals surface area (Å²) in [5, 5.41) is 0. The molecule has 46 heavy (non-hydrogen) atoms. The molecule has 0 amide bonds. The van der Waals surface area contributed by atoms with Crippen LogP contribution in [0.5, 0.6) is 0 Å². The van der Waals surface area contributed by atoms with E-state index >= 15 is 0 Å². The molecule has 0 bridgehead atoms. The summed E-state index contributed by atoms with van der Waals surface area (Å²) in [6, 6.07) is 63.7. The van der Waals surface area contributed by atoms with Crippen LogP contribution in [0, 0.1) is 0 Å². The molecule has 8 rings (SSSR count). The molecule has 0 aliphatic carbocycles. The Labute approximate surface area is 269 Å². The number of benzene rings is 7. The number of nitrogens with zero attached hydrogens (tertiary/aromatic N) is 2. The van der Waals surface area contributed by atoms with E-state index in [-0.39, 0.29) is 0 Å². The number of hydrogen-bond acceptors (Lipinski definition) is 2. The third kappa shape index (κ3) is 5.27. The normalized spacial score (nSPS) is 11.0. The van der Waals surface area contributed by atoms with Gasteiger partial charge in [0.15, 0.2) is 0 Å². The van der Waals surface area contributed by atoms with Crippen LogP contribution in [0.1, 0.15) is 0 Å². The van der Waals surface area contributed by atoms with Gasteiger partial charge < -0.3 is 0 Å². The molecule has 0 fully saturated rings. The molecule has 0 saturated carbocycles. The van der Waals surface area contributed by atoms with E-state index in [0.717, 1.165) is 55.8 Å². The zero-order valence-electron chi connectivity index (χ0n) is 25.2. The van der Waals surface area contributed by atoms with E-state index in [1.165, 1.54) is 22.3 Å². The van der Waals surface area contributed by atoms with Gasteiger partial charge in [0.05, 0.1) is 22.4 Å². The predicted octanol–water partition coefficient (Wildman–Crippen LogP) is 11.6. The van der Waals surface area contributed by atoms with Crippen LogP contribution < -0.4 is 0 Å². The van der Waals surface area contributed by atoms with E-state index in [4.69, 9.17) is 9.97 Å². The summed E-state index contributed by atoms with van der Waals surface area (Å²) in [5.41, 5.74) is 14.6. The van der Waals surface area contributed by atoms with Gasteiger partial charge in [0, 0.05) is 22.3 Å². The minimum Gasteiger partial charge on any atom is -0.243 e. The highest BCUT2D eigenvalue weighted by atomic mass is 14.8. The van der Waals surface area contributed by atoms with Crippen molar-refractivity contribution in [2.75, 3.05) is 0 Å². The average molecular weight is 587 g/mol. The highest BCUT2D eigenvalue weighted by molar-refractivity contribution is 6.03. The van der Waals surface area contributed by atoms with Crippen LogP contribution in [0.2, 0.25) is 0 Å². The van der Waals surface area contributed by atoms with Gasteiger partial charge in [0.25, 0.3) is 0 Å². The fourth-order valence-electron chi connectivity index (χ4n) is 6.19. The Hall–Kier alpha value is -6.12. The fourth-order valence-corrected chi connectivity index (χ4v) is 6.19. The van der Waals surface area contributed by atoms with Crippen molar-refractivity contribution in [1.29, 1.82) is 0 Å². The third-order valence-corrected chi connectivity index (χ3v) is 8.48. The number of fused-ring (bicyclic) bond motifs is 1. The van der Waals surface area contributed by atoms with Crippen molar-refractivity contribution in [2.24, 2.45) is 0 Å². The van der Waals surface area contributed by atoms with Gasteiger partial charge in [-0.3, -0.25) is 0 Å². The van der Waals surface area contributed by atoms with Gasteiger partial charge in [-0.15, -0.1) is 0 Å². The summed E-state index contributed by atoms with van der Waals surface area (Å²) in [4.78, 5) is 11.0. The molecular formula is C44H30N2. The van der Waals surface area contributed by atoms with Gasteiger partial charge in [-0.05, 0) is 45.5 Å². The minimum atomic E-state index is 0.870. The van der Waals surface area contributed by atoms with Crippen molar-refractivity contribution in [2.45, 2.75) is 0 Å². The van der Waals surface area contributed by atoms with Crippen LogP contribution in [0.15, 0.2) is 182 Å².